The number of rotatable bonds is 2. The lowest BCUT2D eigenvalue weighted by Crippen LogP contribution is -2.33. The summed E-state index contributed by atoms with van der Waals surface area (Å²) in [4.78, 5) is 0. The van der Waals surface area contributed by atoms with E-state index in [0.29, 0.717) is 0 Å². The van der Waals surface area contributed by atoms with Crippen LogP contribution in [0.15, 0.2) is 18.2 Å². The van der Waals surface area contributed by atoms with Gasteiger partial charge in [-0.15, -0.1) is 0 Å². The normalized spacial score (nSPS) is 10.0. The van der Waals surface area contributed by atoms with Gasteiger partial charge in [0.15, 0.2) is 0 Å². The molecule has 0 radical (unpaired) electrons. The van der Waals surface area contributed by atoms with Gasteiger partial charge in [0.2, 0.25) is 0 Å². The van der Waals surface area contributed by atoms with E-state index in [0.717, 1.165) is 0 Å². The Hall–Kier alpha value is -0.755. The van der Waals surface area contributed by atoms with Crippen LogP contribution in [0.3, 0.4) is 0 Å². The maximum atomic E-state index is 5.30. The zero-order chi connectivity index (χ0) is 9.14. The molecule has 0 aliphatic carbocycles. The van der Waals surface area contributed by atoms with Crippen LogP contribution in [-0.2, 0) is 4.65 Å². The predicted octanol–water partition coefficient (Wildman–Crippen LogP) is 1.78. The molecule has 0 fully saturated rings. The first-order valence-corrected chi connectivity index (χ1v) is 4.25. The fourth-order valence-corrected chi connectivity index (χ4v) is 1.59. The van der Waals surface area contributed by atoms with Crippen molar-refractivity contribution < 1.29 is 4.65 Å². The molecule has 0 aliphatic rings. The minimum absolute atomic E-state index is 0.200. The van der Waals surface area contributed by atoms with Crippen molar-refractivity contribution in [1.82, 2.24) is 0 Å². The van der Waals surface area contributed by atoms with Crippen molar-refractivity contribution in [3.05, 3.63) is 29.3 Å². The molecule has 64 valence electrons. The number of hydrogen-bond acceptors (Lipinski definition) is 1. The first-order valence-electron chi connectivity index (χ1n) is 4.25. The van der Waals surface area contributed by atoms with Crippen molar-refractivity contribution in [1.29, 1.82) is 0 Å². The molecule has 1 rings (SSSR count). The molecule has 0 atom stereocenters. The van der Waals surface area contributed by atoms with Crippen LogP contribution in [0.2, 0.25) is 6.82 Å². The molecule has 0 spiro atoms. The molecule has 2 heteroatoms. The van der Waals surface area contributed by atoms with Crippen LogP contribution >= 0.6 is 0 Å². The van der Waals surface area contributed by atoms with Crippen molar-refractivity contribution in [2.75, 3.05) is 7.11 Å². The van der Waals surface area contributed by atoms with E-state index in [1.807, 2.05) is 0 Å². The second-order valence-corrected chi connectivity index (χ2v) is 3.18. The van der Waals surface area contributed by atoms with Crippen molar-refractivity contribution in [3.8, 4) is 0 Å². The second kappa shape index (κ2) is 3.77. The topological polar surface area (TPSA) is 9.23 Å². The van der Waals surface area contributed by atoms with E-state index >= 15 is 0 Å². The van der Waals surface area contributed by atoms with Crippen LogP contribution in [0.5, 0.6) is 0 Å². The minimum Gasteiger partial charge on any atom is -0.434 e. The first kappa shape index (κ1) is 9.33. The fourth-order valence-electron chi connectivity index (χ4n) is 1.59. The molecule has 0 bridgehead atoms. The second-order valence-electron chi connectivity index (χ2n) is 3.18. The van der Waals surface area contributed by atoms with Gasteiger partial charge in [0.05, 0.1) is 0 Å². The third-order valence-corrected chi connectivity index (χ3v) is 2.30. The molecule has 0 heterocycles. The summed E-state index contributed by atoms with van der Waals surface area (Å²) in [6.45, 7) is 6.52. The minimum atomic E-state index is 0.200. The van der Waals surface area contributed by atoms with Gasteiger partial charge in [-0.3, -0.25) is 0 Å². The molecule has 0 saturated carbocycles. The summed E-state index contributed by atoms with van der Waals surface area (Å²) in [7, 11) is 1.75. The van der Waals surface area contributed by atoms with Gasteiger partial charge in [0.25, 0.3) is 0 Å². The molecule has 0 saturated heterocycles. The summed E-state index contributed by atoms with van der Waals surface area (Å²) < 4.78 is 5.30. The Labute approximate surface area is 74.9 Å². The van der Waals surface area contributed by atoms with Crippen LogP contribution in [0.4, 0.5) is 0 Å². The quantitative estimate of drug-likeness (QED) is 0.602. The Balaban J connectivity index is 3.12. The van der Waals surface area contributed by atoms with Gasteiger partial charge in [-0.25, -0.2) is 0 Å². The van der Waals surface area contributed by atoms with Gasteiger partial charge in [-0.2, -0.15) is 0 Å². The molecular weight excluding hydrogens is 147 g/mol. The van der Waals surface area contributed by atoms with Crippen molar-refractivity contribution in [2.45, 2.75) is 20.7 Å². The van der Waals surface area contributed by atoms with Gasteiger partial charge in [0.1, 0.15) is 0 Å². The average molecular weight is 162 g/mol. The molecule has 0 aromatic heterocycles. The maximum absolute atomic E-state index is 5.30. The van der Waals surface area contributed by atoms with Gasteiger partial charge in [-0.1, -0.05) is 36.1 Å². The zero-order valence-electron chi connectivity index (χ0n) is 8.22. The Morgan fingerprint density at radius 3 is 2.08 bits per heavy atom. The first-order chi connectivity index (χ1) is 5.66. The van der Waals surface area contributed by atoms with E-state index in [4.69, 9.17) is 4.65 Å². The van der Waals surface area contributed by atoms with Gasteiger partial charge in [0, 0.05) is 7.11 Å². The third-order valence-electron chi connectivity index (χ3n) is 2.30. The fraction of sp³-hybridized carbons (Fsp3) is 0.400. The smallest absolute Gasteiger partial charge is 0.323 e. The lowest BCUT2D eigenvalue weighted by molar-refractivity contribution is 0.434. The van der Waals surface area contributed by atoms with Crippen LogP contribution in [-0.4, -0.2) is 14.0 Å². The van der Waals surface area contributed by atoms with Crippen molar-refractivity contribution in [3.63, 3.8) is 0 Å². The highest BCUT2D eigenvalue weighted by atomic mass is 16.4. The zero-order valence-corrected chi connectivity index (χ0v) is 8.22. The lowest BCUT2D eigenvalue weighted by atomic mass is 9.60. The lowest BCUT2D eigenvalue weighted by Gasteiger charge is -2.12. The molecular formula is C10H15BO. The third kappa shape index (κ3) is 1.70. The molecule has 1 aromatic rings. The van der Waals surface area contributed by atoms with Gasteiger partial charge >= 0.3 is 6.92 Å². The molecule has 1 aromatic carbocycles. The highest BCUT2D eigenvalue weighted by Crippen LogP contribution is 2.02. The van der Waals surface area contributed by atoms with E-state index < -0.39 is 0 Å². The van der Waals surface area contributed by atoms with Gasteiger partial charge in [-0.05, 0) is 19.3 Å². The standard InChI is InChI=1S/C10H15BO/c1-8-6-5-7-9(2)10(8)11(3)12-4/h5-7H,1-4H3. The molecule has 1 nitrogen and oxygen atoms in total. The largest absolute Gasteiger partial charge is 0.434 e. The summed E-state index contributed by atoms with van der Waals surface area (Å²) in [5.41, 5.74) is 3.94. The van der Waals surface area contributed by atoms with E-state index in [-0.39, 0.29) is 6.92 Å². The molecule has 0 aliphatic heterocycles. The van der Waals surface area contributed by atoms with Crippen LogP contribution < -0.4 is 5.46 Å². The Morgan fingerprint density at radius 2 is 1.67 bits per heavy atom. The highest BCUT2D eigenvalue weighted by molar-refractivity contribution is 6.67. The highest BCUT2D eigenvalue weighted by Gasteiger charge is 2.14. The van der Waals surface area contributed by atoms with Crippen molar-refractivity contribution in [2.24, 2.45) is 0 Å². The van der Waals surface area contributed by atoms with E-state index in [9.17, 15) is 0 Å². The SMILES string of the molecule is COB(C)c1c(C)cccc1C. The van der Waals surface area contributed by atoms with Gasteiger partial charge < -0.3 is 4.65 Å². The monoisotopic (exact) mass is 162 g/mol. The Kier molecular flexibility index (Phi) is 2.93. The number of aryl methyl sites for hydroxylation is 2. The average Bonchev–Trinajstić information content (AvgIpc) is 2.03. The summed E-state index contributed by atoms with van der Waals surface area (Å²) in [5, 5.41) is 0. The summed E-state index contributed by atoms with van der Waals surface area (Å²) >= 11 is 0. The van der Waals surface area contributed by atoms with Crippen molar-refractivity contribution >= 4 is 12.4 Å². The number of benzene rings is 1. The molecule has 0 unspecified atom stereocenters. The van der Waals surface area contributed by atoms with Crippen LogP contribution in [0, 0.1) is 13.8 Å². The molecule has 0 amide bonds. The summed E-state index contributed by atoms with van der Waals surface area (Å²) in [5.74, 6) is 0. The van der Waals surface area contributed by atoms with Crippen LogP contribution in [0.25, 0.3) is 0 Å². The molecule has 0 N–H and O–H groups in total. The van der Waals surface area contributed by atoms with E-state index in [2.05, 4.69) is 38.9 Å². The predicted molar refractivity (Wildman–Crippen MR) is 54.2 cm³/mol. The maximum Gasteiger partial charge on any atom is 0.323 e. The van der Waals surface area contributed by atoms with Crippen LogP contribution in [0.1, 0.15) is 11.1 Å². The van der Waals surface area contributed by atoms with E-state index in [1.54, 1.807) is 7.11 Å². The summed E-state index contributed by atoms with van der Waals surface area (Å²) in [6.07, 6.45) is 0. The number of hydrogen-bond donors (Lipinski definition) is 0. The summed E-state index contributed by atoms with van der Waals surface area (Å²) in [6, 6.07) is 6.33. The Bertz CT molecular complexity index is 250. The Morgan fingerprint density at radius 1 is 1.17 bits per heavy atom. The molecule has 12 heavy (non-hydrogen) atoms. The van der Waals surface area contributed by atoms with E-state index in [1.165, 1.54) is 16.6 Å².